The van der Waals surface area contributed by atoms with Crippen molar-refractivity contribution in [2.45, 2.75) is 19.0 Å². The molecule has 4 aromatic rings. The maximum absolute atomic E-state index is 12.6. The van der Waals surface area contributed by atoms with E-state index in [-0.39, 0.29) is 11.6 Å². The summed E-state index contributed by atoms with van der Waals surface area (Å²) in [5.74, 6) is 0. The third-order valence-electron chi connectivity index (χ3n) is 4.31. The molecule has 2 aromatic carbocycles. The first-order valence-electron chi connectivity index (χ1n) is 8.18. The van der Waals surface area contributed by atoms with Crippen LogP contribution in [0.5, 0.6) is 0 Å². The molecule has 0 spiro atoms. The average Bonchev–Trinajstić information content (AvgIpc) is 3.19. The molecule has 1 unspecified atom stereocenters. The molecule has 0 N–H and O–H groups in total. The summed E-state index contributed by atoms with van der Waals surface area (Å²) < 4.78 is 3.49. The molecule has 1 atom stereocenters. The van der Waals surface area contributed by atoms with Gasteiger partial charge in [-0.15, -0.1) is 5.10 Å². The lowest BCUT2D eigenvalue weighted by Gasteiger charge is -2.19. The van der Waals surface area contributed by atoms with Crippen LogP contribution in [0.1, 0.15) is 18.0 Å². The van der Waals surface area contributed by atoms with E-state index >= 15 is 0 Å². The smallest absolute Gasteiger partial charge is 0.277 e. The largest absolute Gasteiger partial charge is 0.330 e. The number of hydrogen-bond acceptors (Lipinski definition) is 4. The topological polar surface area (TPSA) is 65.6 Å². The van der Waals surface area contributed by atoms with Gasteiger partial charge in [-0.25, -0.2) is 9.67 Å². The Morgan fingerprint density at radius 1 is 1.00 bits per heavy atom. The number of nitrogens with zero attached hydrogens (tertiary/aromatic N) is 5. The minimum Gasteiger partial charge on any atom is -0.330 e. The van der Waals surface area contributed by atoms with Gasteiger partial charge in [-0.05, 0) is 24.1 Å². The lowest BCUT2D eigenvalue weighted by molar-refractivity contribution is 0.447. The van der Waals surface area contributed by atoms with Gasteiger partial charge in [0.2, 0.25) is 0 Å². The van der Waals surface area contributed by atoms with Gasteiger partial charge in [0.15, 0.2) is 0 Å². The quantitative estimate of drug-likeness (QED) is 0.564. The zero-order valence-corrected chi connectivity index (χ0v) is 13.6. The molecule has 0 saturated carbocycles. The van der Waals surface area contributed by atoms with E-state index in [1.165, 1.54) is 10.2 Å². The van der Waals surface area contributed by atoms with E-state index in [0.29, 0.717) is 23.9 Å². The molecular weight excluding hydrogens is 314 g/mol. The second-order valence-electron chi connectivity index (χ2n) is 5.86. The van der Waals surface area contributed by atoms with E-state index in [0.717, 1.165) is 0 Å². The number of aromatic nitrogens is 5. The van der Waals surface area contributed by atoms with Crippen molar-refractivity contribution in [2.24, 2.45) is 0 Å². The van der Waals surface area contributed by atoms with Crippen molar-refractivity contribution in [3.8, 4) is 0 Å². The first-order chi connectivity index (χ1) is 12.3. The van der Waals surface area contributed by atoms with Gasteiger partial charge in [0.05, 0.1) is 17.8 Å². The van der Waals surface area contributed by atoms with Gasteiger partial charge in [-0.1, -0.05) is 47.7 Å². The molecule has 25 heavy (non-hydrogen) atoms. The molecule has 6 heteroatoms. The van der Waals surface area contributed by atoms with Crippen molar-refractivity contribution < 1.29 is 0 Å². The lowest BCUT2D eigenvalue weighted by Crippen LogP contribution is -2.26. The fourth-order valence-electron chi connectivity index (χ4n) is 3.03. The van der Waals surface area contributed by atoms with E-state index in [1.54, 1.807) is 24.7 Å². The van der Waals surface area contributed by atoms with E-state index in [4.69, 9.17) is 0 Å². The third kappa shape index (κ3) is 3.06. The van der Waals surface area contributed by atoms with Gasteiger partial charge < -0.3 is 4.57 Å². The maximum atomic E-state index is 12.6. The molecule has 0 aliphatic carbocycles. The first-order valence-corrected chi connectivity index (χ1v) is 8.18. The highest BCUT2D eigenvalue weighted by atomic mass is 16.1. The van der Waals surface area contributed by atoms with E-state index in [2.05, 4.69) is 32.0 Å². The van der Waals surface area contributed by atoms with Gasteiger partial charge in [0, 0.05) is 18.9 Å². The van der Waals surface area contributed by atoms with Crippen LogP contribution in [-0.4, -0.2) is 24.5 Å². The van der Waals surface area contributed by atoms with Crippen molar-refractivity contribution >= 4 is 10.9 Å². The fourth-order valence-corrected chi connectivity index (χ4v) is 3.03. The summed E-state index contributed by atoms with van der Waals surface area (Å²) in [7, 11) is 0. The minimum absolute atomic E-state index is 0.0869. The van der Waals surface area contributed by atoms with Gasteiger partial charge in [-0.3, -0.25) is 4.79 Å². The van der Waals surface area contributed by atoms with Crippen LogP contribution in [0.4, 0.5) is 0 Å². The molecule has 4 rings (SSSR count). The Bertz CT molecular complexity index is 1020. The van der Waals surface area contributed by atoms with Crippen LogP contribution < -0.4 is 5.56 Å². The number of hydrogen-bond donors (Lipinski definition) is 0. The lowest BCUT2D eigenvalue weighted by atomic mass is 10.0. The highest BCUT2D eigenvalue weighted by molar-refractivity contribution is 5.76. The molecule has 2 heterocycles. The van der Waals surface area contributed by atoms with Crippen LogP contribution in [0.25, 0.3) is 10.9 Å². The zero-order valence-electron chi connectivity index (χ0n) is 13.6. The van der Waals surface area contributed by atoms with Crippen LogP contribution in [0.3, 0.4) is 0 Å². The normalized spacial score (nSPS) is 12.3. The summed E-state index contributed by atoms with van der Waals surface area (Å²) in [6.07, 6.45) is 6.21. The Morgan fingerprint density at radius 2 is 1.80 bits per heavy atom. The molecule has 2 aromatic heterocycles. The fraction of sp³-hybridized carbons (Fsp3) is 0.158. The summed E-state index contributed by atoms with van der Waals surface area (Å²) in [4.78, 5) is 16.8. The Hall–Kier alpha value is -3.28. The molecule has 6 nitrogen and oxygen atoms in total. The second kappa shape index (κ2) is 6.68. The molecule has 0 saturated heterocycles. The van der Waals surface area contributed by atoms with Crippen LogP contribution in [0.15, 0.2) is 78.1 Å². The summed E-state index contributed by atoms with van der Waals surface area (Å²) in [5, 5.41) is 8.83. The minimum atomic E-state index is -0.108. The summed E-state index contributed by atoms with van der Waals surface area (Å²) in [6, 6.07) is 17.6. The molecule has 0 aliphatic heterocycles. The predicted molar refractivity (Wildman–Crippen MR) is 95.2 cm³/mol. The Morgan fingerprint density at radius 3 is 2.60 bits per heavy atom. The Balaban J connectivity index is 1.64. The molecule has 0 amide bonds. The summed E-state index contributed by atoms with van der Waals surface area (Å²) in [6.45, 7) is 0.481. The SMILES string of the molecule is O=c1c2ccccc2nnn1CCC(c1ccccc1)n1ccnc1. The Kier molecular flexibility index (Phi) is 4.08. The van der Waals surface area contributed by atoms with Crippen LogP contribution in [0.2, 0.25) is 0 Å². The van der Waals surface area contributed by atoms with Gasteiger partial charge >= 0.3 is 0 Å². The monoisotopic (exact) mass is 331 g/mol. The molecule has 0 bridgehead atoms. The number of rotatable bonds is 5. The van der Waals surface area contributed by atoms with Crippen molar-refractivity contribution in [3.05, 3.63) is 89.2 Å². The Labute approximate surface area is 144 Å². The highest BCUT2D eigenvalue weighted by Gasteiger charge is 2.14. The van der Waals surface area contributed by atoms with Crippen LogP contribution in [-0.2, 0) is 6.54 Å². The number of benzene rings is 2. The van der Waals surface area contributed by atoms with Crippen LogP contribution in [0, 0.1) is 0 Å². The number of fused-ring (bicyclic) bond motifs is 1. The molecule has 0 aliphatic rings. The molecular formula is C19H17N5O. The van der Waals surface area contributed by atoms with Crippen molar-refractivity contribution in [2.75, 3.05) is 0 Å². The molecule has 0 fully saturated rings. The van der Waals surface area contributed by atoms with Crippen molar-refractivity contribution in [1.29, 1.82) is 0 Å². The van der Waals surface area contributed by atoms with E-state index < -0.39 is 0 Å². The predicted octanol–water partition coefficient (Wildman–Crippen LogP) is 2.67. The van der Waals surface area contributed by atoms with E-state index in [1.807, 2.05) is 36.5 Å². The van der Waals surface area contributed by atoms with Crippen molar-refractivity contribution in [3.63, 3.8) is 0 Å². The molecule has 124 valence electrons. The van der Waals surface area contributed by atoms with Gasteiger partial charge in [0.1, 0.15) is 5.52 Å². The van der Waals surface area contributed by atoms with Gasteiger partial charge in [0.25, 0.3) is 5.56 Å². The van der Waals surface area contributed by atoms with E-state index in [9.17, 15) is 4.79 Å². The first kappa shape index (κ1) is 15.3. The van der Waals surface area contributed by atoms with Crippen LogP contribution >= 0.6 is 0 Å². The summed E-state index contributed by atoms with van der Waals surface area (Å²) >= 11 is 0. The number of aryl methyl sites for hydroxylation is 1. The zero-order chi connectivity index (χ0) is 17.1. The highest BCUT2D eigenvalue weighted by Crippen LogP contribution is 2.22. The van der Waals surface area contributed by atoms with Gasteiger partial charge in [-0.2, -0.15) is 0 Å². The average molecular weight is 331 g/mol. The standard InChI is InChI=1S/C19H17N5O/c25-19-16-8-4-5-9-17(16)21-22-24(19)12-10-18(23-13-11-20-14-23)15-6-2-1-3-7-15/h1-9,11,13-14,18H,10,12H2. The second-order valence-corrected chi connectivity index (χ2v) is 5.86. The van der Waals surface area contributed by atoms with Crippen molar-refractivity contribution in [1.82, 2.24) is 24.5 Å². The number of imidazole rings is 1. The molecule has 0 radical (unpaired) electrons. The summed E-state index contributed by atoms with van der Waals surface area (Å²) in [5.41, 5.74) is 1.68. The maximum Gasteiger partial charge on any atom is 0.277 e. The third-order valence-corrected chi connectivity index (χ3v) is 4.31.